The van der Waals surface area contributed by atoms with E-state index in [1.807, 2.05) is 52.0 Å². The van der Waals surface area contributed by atoms with E-state index in [1.165, 1.54) is 11.1 Å². The monoisotopic (exact) mass is 480 g/mol. The topological polar surface area (TPSA) is 95.6 Å². The lowest BCUT2D eigenvalue weighted by Gasteiger charge is -2.40. The molecular formula is C28H49ClN2O2. The molecule has 0 spiro atoms. The summed E-state index contributed by atoms with van der Waals surface area (Å²) in [6.45, 7) is 14.8. The standard InChI is InChI=1S/C22H25NO.C4H8.C2H6.ClH.H3N.H2O.2H2/c1-3-17-10-12-19(13-11-17)22(4-2)14-15-23-21(24)16-20(22)18-8-6-5-7-9-18;1-3-4-2;1-2;;;;;/h3,5-13,20H,1,4,14-16H2,2H3,(H,23,24);3-4H,1-2H3;1-2H3;1H;1H3;1H2;2*1H/b;4-3-;;;;;;/t20-,22+;;;;;;;/m0......./s1. The molecule has 1 amide bonds. The SMILES string of the molecule is C/C=C\C.C=Cc1ccc([C@@]2(CC)CCNC(=O)C[C@H]2c2ccccc2)cc1.CC.Cl.N.O.[HH].[HH]. The molecule has 0 aliphatic carbocycles. The number of rotatable bonds is 4. The van der Waals surface area contributed by atoms with E-state index >= 15 is 0 Å². The summed E-state index contributed by atoms with van der Waals surface area (Å²) >= 11 is 0. The highest BCUT2D eigenvalue weighted by atomic mass is 35.5. The number of hydrogen-bond donors (Lipinski definition) is 2. The summed E-state index contributed by atoms with van der Waals surface area (Å²) in [6, 6.07) is 19.2. The lowest BCUT2D eigenvalue weighted by atomic mass is 9.63. The predicted molar refractivity (Wildman–Crippen MR) is 152 cm³/mol. The summed E-state index contributed by atoms with van der Waals surface area (Å²) in [5.41, 5.74) is 3.68. The Hall–Kier alpha value is -2.40. The minimum absolute atomic E-state index is 0. The van der Waals surface area contributed by atoms with Gasteiger partial charge in [0, 0.05) is 27.2 Å². The van der Waals surface area contributed by atoms with E-state index in [2.05, 4.69) is 67.4 Å². The maximum Gasteiger partial charge on any atom is 0.220 e. The molecule has 6 N–H and O–H groups in total. The number of allylic oxidation sites excluding steroid dienone is 2. The van der Waals surface area contributed by atoms with Crippen LogP contribution in [0, 0.1) is 0 Å². The summed E-state index contributed by atoms with van der Waals surface area (Å²) < 4.78 is 0. The molecule has 2 aromatic carbocycles. The Balaban J connectivity index is -0.000000249. The number of benzene rings is 2. The van der Waals surface area contributed by atoms with Gasteiger partial charge in [0.05, 0.1) is 0 Å². The fourth-order valence-corrected chi connectivity index (χ4v) is 4.10. The number of hydrogen-bond acceptors (Lipinski definition) is 2. The van der Waals surface area contributed by atoms with Crippen LogP contribution < -0.4 is 11.5 Å². The van der Waals surface area contributed by atoms with Crippen molar-refractivity contribution in [3.63, 3.8) is 0 Å². The second-order valence-corrected chi connectivity index (χ2v) is 7.27. The Kier molecular flexibility index (Phi) is 20.4. The number of halogens is 1. The molecule has 4 nitrogen and oxygen atoms in total. The summed E-state index contributed by atoms with van der Waals surface area (Å²) in [7, 11) is 0. The molecule has 0 unspecified atom stereocenters. The first-order chi connectivity index (χ1) is 14.6. The second-order valence-electron chi connectivity index (χ2n) is 7.27. The molecule has 1 aliphatic rings. The highest BCUT2D eigenvalue weighted by Gasteiger charge is 2.42. The van der Waals surface area contributed by atoms with Crippen molar-refractivity contribution in [2.24, 2.45) is 0 Å². The highest BCUT2D eigenvalue weighted by molar-refractivity contribution is 5.85. The van der Waals surface area contributed by atoms with E-state index in [0.29, 0.717) is 6.42 Å². The first kappa shape index (κ1) is 35.2. The van der Waals surface area contributed by atoms with Crippen LogP contribution in [0.1, 0.15) is 79.3 Å². The Morgan fingerprint density at radius 1 is 1.06 bits per heavy atom. The second kappa shape index (κ2) is 19.1. The van der Waals surface area contributed by atoms with Crippen LogP contribution >= 0.6 is 12.4 Å². The van der Waals surface area contributed by atoms with Gasteiger partial charge in [-0.1, -0.05) is 100 Å². The van der Waals surface area contributed by atoms with Gasteiger partial charge in [0.1, 0.15) is 0 Å². The van der Waals surface area contributed by atoms with Gasteiger partial charge >= 0.3 is 0 Å². The Morgan fingerprint density at radius 3 is 2.06 bits per heavy atom. The largest absolute Gasteiger partial charge is 0.412 e. The van der Waals surface area contributed by atoms with Crippen molar-refractivity contribution < 1.29 is 13.1 Å². The van der Waals surface area contributed by atoms with Gasteiger partial charge in [-0.3, -0.25) is 4.79 Å². The smallest absolute Gasteiger partial charge is 0.220 e. The van der Waals surface area contributed by atoms with Crippen LogP contribution in [0.15, 0.2) is 73.3 Å². The Bertz CT molecular complexity index is 798. The van der Waals surface area contributed by atoms with Gasteiger partial charge in [0.15, 0.2) is 0 Å². The van der Waals surface area contributed by atoms with Gasteiger partial charge in [-0.05, 0) is 43.4 Å². The molecule has 0 aromatic heterocycles. The molecular weight excluding hydrogens is 432 g/mol. The van der Waals surface area contributed by atoms with Gasteiger partial charge in [0.25, 0.3) is 0 Å². The van der Waals surface area contributed by atoms with Crippen LogP contribution in [0.4, 0.5) is 0 Å². The summed E-state index contributed by atoms with van der Waals surface area (Å²) in [6.07, 6.45) is 8.38. The molecule has 3 rings (SSSR count). The van der Waals surface area contributed by atoms with E-state index in [0.717, 1.165) is 24.9 Å². The molecule has 190 valence electrons. The molecule has 2 atom stereocenters. The van der Waals surface area contributed by atoms with Gasteiger partial charge < -0.3 is 16.9 Å². The van der Waals surface area contributed by atoms with Crippen molar-refractivity contribution in [1.29, 1.82) is 0 Å². The first-order valence-electron chi connectivity index (χ1n) is 11.2. The molecule has 5 heteroatoms. The predicted octanol–water partition coefficient (Wildman–Crippen LogP) is 7.53. The van der Waals surface area contributed by atoms with E-state index < -0.39 is 0 Å². The molecule has 0 bridgehead atoms. The average molecular weight is 481 g/mol. The van der Waals surface area contributed by atoms with Crippen LogP contribution in [0.5, 0.6) is 0 Å². The summed E-state index contributed by atoms with van der Waals surface area (Å²) in [5, 5.41) is 3.07. The molecule has 0 radical (unpaired) electrons. The summed E-state index contributed by atoms with van der Waals surface area (Å²) in [4.78, 5) is 12.3. The van der Waals surface area contributed by atoms with Crippen molar-refractivity contribution in [2.75, 3.05) is 6.54 Å². The Morgan fingerprint density at radius 2 is 1.61 bits per heavy atom. The third-order valence-corrected chi connectivity index (χ3v) is 5.84. The minimum atomic E-state index is -0.0276. The molecule has 1 fully saturated rings. The van der Waals surface area contributed by atoms with Crippen molar-refractivity contribution >= 4 is 24.4 Å². The maximum atomic E-state index is 12.3. The molecule has 2 aromatic rings. The van der Waals surface area contributed by atoms with Gasteiger partial charge in [-0.15, -0.1) is 12.4 Å². The summed E-state index contributed by atoms with van der Waals surface area (Å²) in [5.74, 6) is 0.350. The van der Waals surface area contributed by atoms with Crippen LogP contribution in [0.25, 0.3) is 6.08 Å². The molecule has 1 saturated heterocycles. The zero-order valence-corrected chi connectivity index (χ0v) is 21.9. The van der Waals surface area contributed by atoms with E-state index in [4.69, 9.17) is 0 Å². The van der Waals surface area contributed by atoms with Gasteiger partial charge in [-0.25, -0.2) is 0 Å². The third-order valence-electron chi connectivity index (χ3n) is 5.84. The van der Waals surface area contributed by atoms with Crippen LogP contribution in [0.2, 0.25) is 0 Å². The van der Waals surface area contributed by atoms with Crippen molar-refractivity contribution in [2.45, 2.75) is 65.2 Å². The minimum Gasteiger partial charge on any atom is -0.412 e. The Labute approximate surface area is 210 Å². The fourth-order valence-electron chi connectivity index (χ4n) is 4.10. The van der Waals surface area contributed by atoms with Crippen LogP contribution in [-0.2, 0) is 10.2 Å². The molecule has 1 aliphatic heterocycles. The van der Waals surface area contributed by atoms with E-state index in [9.17, 15) is 4.79 Å². The van der Waals surface area contributed by atoms with Crippen molar-refractivity contribution in [3.05, 3.63) is 90.0 Å². The average Bonchev–Trinajstić information content (AvgIpc) is 3.00. The number of carbonyl (C=O) groups is 1. The zero-order valence-electron chi connectivity index (χ0n) is 21.1. The van der Waals surface area contributed by atoms with Gasteiger partial charge in [-0.2, -0.15) is 0 Å². The normalized spacial score (nSPS) is 18.8. The van der Waals surface area contributed by atoms with E-state index in [1.54, 1.807) is 0 Å². The first-order valence-corrected chi connectivity index (χ1v) is 11.2. The molecule has 33 heavy (non-hydrogen) atoms. The van der Waals surface area contributed by atoms with Gasteiger partial charge in [0.2, 0.25) is 5.91 Å². The quantitative estimate of drug-likeness (QED) is 0.442. The maximum absolute atomic E-state index is 12.3. The number of nitrogens with one attached hydrogen (secondary N) is 1. The van der Waals surface area contributed by atoms with Crippen molar-refractivity contribution in [3.8, 4) is 0 Å². The highest BCUT2D eigenvalue weighted by Crippen LogP contribution is 2.47. The third kappa shape index (κ3) is 9.55. The fraction of sp³-hybridized carbons (Fsp3) is 0.393. The lowest BCUT2D eigenvalue weighted by molar-refractivity contribution is -0.121. The van der Waals surface area contributed by atoms with E-state index in [-0.39, 0.29) is 44.1 Å². The number of amides is 1. The lowest BCUT2D eigenvalue weighted by Crippen LogP contribution is -2.33. The van der Waals surface area contributed by atoms with Crippen molar-refractivity contribution in [1.82, 2.24) is 11.5 Å². The van der Waals surface area contributed by atoms with Crippen LogP contribution in [0.3, 0.4) is 0 Å². The zero-order chi connectivity index (χ0) is 22.4. The molecule has 0 saturated carbocycles. The number of carbonyl (C=O) groups excluding carboxylic acids is 1. The van der Waals surface area contributed by atoms with Crippen LogP contribution in [-0.4, -0.2) is 17.9 Å². The molecule has 1 heterocycles.